The number of rotatable bonds is 4. The Morgan fingerprint density at radius 1 is 0.333 bits per heavy atom. The molecule has 0 aliphatic carbocycles. The van der Waals surface area contributed by atoms with Crippen LogP contribution in [-0.4, -0.2) is 4.98 Å². The Kier molecular flexibility index (Phi) is 5.63. The number of ether oxygens (including phenoxy) is 2. The summed E-state index contributed by atoms with van der Waals surface area (Å²) < 4.78 is 13.7. The van der Waals surface area contributed by atoms with Crippen LogP contribution in [0.25, 0.3) is 0 Å². The number of hydrogen-bond donors (Lipinski definition) is 1. The summed E-state index contributed by atoms with van der Waals surface area (Å²) in [4.78, 5) is 3.68. The van der Waals surface area contributed by atoms with Crippen molar-refractivity contribution < 1.29 is 9.47 Å². The molecular weight excluding hydrogens is 550 g/mol. The van der Waals surface area contributed by atoms with Crippen LogP contribution in [0.3, 0.4) is 0 Å². The van der Waals surface area contributed by atoms with Crippen LogP contribution in [0.1, 0.15) is 44.5 Å². The summed E-state index contributed by atoms with van der Waals surface area (Å²) >= 11 is 0. The van der Waals surface area contributed by atoms with Crippen LogP contribution in [0.2, 0.25) is 0 Å². The molecule has 7 aromatic rings. The molecule has 0 bridgehead atoms. The van der Waals surface area contributed by atoms with Crippen LogP contribution in [0.5, 0.6) is 23.3 Å². The number of hydrogen-bond acceptors (Lipinski definition) is 2. The lowest BCUT2D eigenvalue weighted by Gasteiger charge is -2.45. The molecule has 3 heteroatoms. The quantitative estimate of drug-likeness (QED) is 0.225. The SMILES string of the molecule is c1ccc(C2(c3ccccc3)c3ccccc3Oc3[nH]c4c(c32)C(c2ccccc2)(c2ccccc2)c2ccccc2O4)cc1. The van der Waals surface area contributed by atoms with Crippen molar-refractivity contribution in [2.75, 3.05) is 0 Å². The summed E-state index contributed by atoms with van der Waals surface area (Å²) in [5.41, 5.74) is 7.46. The van der Waals surface area contributed by atoms with E-state index in [1.165, 1.54) is 0 Å². The van der Waals surface area contributed by atoms with Crippen LogP contribution in [0, 0.1) is 0 Å². The molecule has 0 unspecified atom stereocenters. The number of aromatic amines is 1. The van der Waals surface area contributed by atoms with Gasteiger partial charge in [-0.25, -0.2) is 0 Å². The van der Waals surface area contributed by atoms with Crippen LogP contribution in [0.15, 0.2) is 170 Å². The summed E-state index contributed by atoms with van der Waals surface area (Å²) in [7, 11) is 0. The highest BCUT2D eigenvalue weighted by atomic mass is 16.5. The second kappa shape index (κ2) is 9.87. The Balaban J connectivity index is 1.52. The van der Waals surface area contributed by atoms with Gasteiger partial charge in [0.05, 0.1) is 10.8 Å². The molecule has 0 saturated heterocycles. The van der Waals surface area contributed by atoms with Gasteiger partial charge in [0.1, 0.15) is 11.5 Å². The molecule has 1 aromatic heterocycles. The minimum atomic E-state index is -0.721. The van der Waals surface area contributed by atoms with Crippen LogP contribution < -0.4 is 9.47 Å². The molecule has 0 atom stereocenters. The van der Waals surface area contributed by atoms with Gasteiger partial charge in [0, 0.05) is 22.3 Å². The zero-order chi connectivity index (χ0) is 29.8. The maximum Gasteiger partial charge on any atom is 0.205 e. The number of H-pyrrole nitrogens is 1. The molecule has 0 spiro atoms. The van der Waals surface area contributed by atoms with E-state index in [-0.39, 0.29) is 0 Å². The summed E-state index contributed by atoms with van der Waals surface area (Å²) in [6, 6.07) is 60.1. The summed E-state index contributed by atoms with van der Waals surface area (Å²) in [6.07, 6.45) is 0. The van der Waals surface area contributed by atoms with E-state index in [1.807, 2.05) is 12.1 Å². The molecule has 0 fully saturated rings. The largest absolute Gasteiger partial charge is 0.440 e. The lowest BCUT2D eigenvalue weighted by molar-refractivity contribution is 0.408. The van der Waals surface area contributed by atoms with E-state index in [0.29, 0.717) is 11.8 Å². The van der Waals surface area contributed by atoms with Gasteiger partial charge < -0.3 is 9.47 Å². The summed E-state index contributed by atoms with van der Waals surface area (Å²) in [6.45, 7) is 0. The number of aromatic nitrogens is 1. The van der Waals surface area contributed by atoms with Crippen molar-refractivity contribution in [3.63, 3.8) is 0 Å². The van der Waals surface area contributed by atoms with Gasteiger partial charge in [-0.2, -0.15) is 0 Å². The fourth-order valence-electron chi connectivity index (χ4n) is 7.83. The molecular formula is C42H29NO2. The average Bonchev–Trinajstić information content (AvgIpc) is 3.49. The fourth-order valence-corrected chi connectivity index (χ4v) is 7.83. The van der Waals surface area contributed by atoms with E-state index >= 15 is 0 Å². The van der Waals surface area contributed by atoms with Crippen LogP contribution >= 0.6 is 0 Å². The van der Waals surface area contributed by atoms with E-state index in [4.69, 9.17) is 9.47 Å². The second-order valence-electron chi connectivity index (χ2n) is 11.7. The summed E-state index contributed by atoms with van der Waals surface area (Å²) in [5, 5.41) is 0. The highest BCUT2D eigenvalue weighted by Crippen LogP contribution is 2.64. The predicted molar refractivity (Wildman–Crippen MR) is 178 cm³/mol. The zero-order valence-electron chi connectivity index (χ0n) is 24.5. The molecule has 2 aliphatic rings. The van der Waals surface area contributed by atoms with Crippen molar-refractivity contribution in [1.29, 1.82) is 0 Å². The molecule has 3 nitrogen and oxygen atoms in total. The van der Waals surface area contributed by atoms with Crippen molar-refractivity contribution >= 4 is 0 Å². The van der Waals surface area contributed by atoms with Gasteiger partial charge >= 0.3 is 0 Å². The van der Waals surface area contributed by atoms with Crippen molar-refractivity contribution in [3.05, 3.63) is 214 Å². The molecule has 6 aromatic carbocycles. The Morgan fingerprint density at radius 3 is 0.956 bits per heavy atom. The van der Waals surface area contributed by atoms with Gasteiger partial charge in [0.15, 0.2) is 0 Å². The first-order valence-corrected chi connectivity index (χ1v) is 15.4. The molecule has 9 rings (SSSR count). The van der Waals surface area contributed by atoms with Gasteiger partial charge in [-0.05, 0) is 34.4 Å². The minimum absolute atomic E-state index is 0.690. The lowest BCUT2D eigenvalue weighted by Crippen LogP contribution is -2.40. The van der Waals surface area contributed by atoms with Gasteiger partial charge in [-0.3, -0.25) is 4.98 Å². The third-order valence-corrected chi connectivity index (χ3v) is 9.51. The normalized spacial score (nSPS) is 14.9. The number of para-hydroxylation sites is 2. The van der Waals surface area contributed by atoms with Gasteiger partial charge in [-0.1, -0.05) is 158 Å². The molecule has 2 aliphatic heterocycles. The molecule has 0 radical (unpaired) electrons. The monoisotopic (exact) mass is 579 g/mol. The molecule has 0 saturated carbocycles. The first kappa shape index (κ1) is 25.7. The van der Waals surface area contributed by atoms with E-state index in [2.05, 4.69) is 163 Å². The zero-order valence-corrected chi connectivity index (χ0v) is 24.5. The first-order chi connectivity index (χ1) is 22.3. The third kappa shape index (κ3) is 3.46. The smallest absolute Gasteiger partial charge is 0.205 e. The Morgan fingerprint density at radius 2 is 0.622 bits per heavy atom. The van der Waals surface area contributed by atoms with Gasteiger partial charge in [-0.15, -0.1) is 0 Å². The van der Waals surface area contributed by atoms with E-state index in [9.17, 15) is 0 Å². The number of fused-ring (bicyclic) bond motifs is 5. The van der Waals surface area contributed by atoms with Crippen molar-refractivity contribution in [3.8, 4) is 23.3 Å². The maximum absolute atomic E-state index is 6.86. The van der Waals surface area contributed by atoms with Crippen molar-refractivity contribution in [2.45, 2.75) is 10.8 Å². The molecule has 3 heterocycles. The Labute approximate surface area is 262 Å². The van der Waals surface area contributed by atoms with Crippen LogP contribution in [-0.2, 0) is 10.8 Å². The highest BCUT2D eigenvalue weighted by Gasteiger charge is 2.56. The molecule has 214 valence electrons. The first-order valence-electron chi connectivity index (χ1n) is 15.4. The molecule has 0 amide bonds. The second-order valence-corrected chi connectivity index (χ2v) is 11.7. The van der Waals surface area contributed by atoms with E-state index in [0.717, 1.165) is 56.0 Å². The molecule has 45 heavy (non-hydrogen) atoms. The number of benzene rings is 6. The number of nitrogens with one attached hydrogen (secondary N) is 1. The lowest BCUT2D eigenvalue weighted by atomic mass is 9.57. The third-order valence-electron chi connectivity index (χ3n) is 9.51. The van der Waals surface area contributed by atoms with Gasteiger partial charge in [0.25, 0.3) is 0 Å². The standard InChI is InChI=1S/C42H29NO2/c1-5-17-29(18-6-1)41(30-19-7-2-8-20-30)33-25-13-15-27-35(33)44-39-37(41)38-40(43-39)45-36-28-16-14-26-34(36)42(38,31-21-9-3-10-22-31)32-23-11-4-12-24-32/h1-28,43H. The Bertz CT molecular complexity index is 1920. The Hall–Kier alpha value is -5.80. The van der Waals surface area contributed by atoms with E-state index in [1.54, 1.807) is 0 Å². The van der Waals surface area contributed by atoms with E-state index < -0.39 is 10.8 Å². The van der Waals surface area contributed by atoms with Gasteiger partial charge in [0.2, 0.25) is 11.8 Å². The van der Waals surface area contributed by atoms with Crippen molar-refractivity contribution in [1.82, 2.24) is 4.98 Å². The van der Waals surface area contributed by atoms with Crippen LogP contribution in [0.4, 0.5) is 0 Å². The molecule has 1 N–H and O–H groups in total. The van der Waals surface area contributed by atoms with Crippen molar-refractivity contribution in [2.24, 2.45) is 0 Å². The fraction of sp³-hybridized carbons (Fsp3) is 0.0476. The topological polar surface area (TPSA) is 34.2 Å². The summed E-state index contributed by atoms with van der Waals surface area (Å²) in [5.74, 6) is 3.02. The maximum atomic E-state index is 6.86. The predicted octanol–water partition coefficient (Wildman–Crippen LogP) is 9.99. The average molecular weight is 580 g/mol. The highest BCUT2D eigenvalue weighted by molar-refractivity contribution is 5.79. The minimum Gasteiger partial charge on any atom is -0.440 e.